The van der Waals surface area contributed by atoms with Crippen molar-refractivity contribution in [3.63, 3.8) is 0 Å². The molecule has 134 heavy (non-hydrogen) atoms. The lowest BCUT2D eigenvalue weighted by atomic mass is 9.90. The molecule has 646 valence electrons. The molecule has 6 heterocycles. The molecule has 7 nitrogen and oxygen atoms in total. The average molecular weight is 1790 g/mol. The van der Waals surface area contributed by atoms with Gasteiger partial charge in [-0.2, -0.15) is 52.7 Å². The maximum absolute atomic E-state index is 14.8. The molecule has 0 aliphatic carbocycles. The van der Waals surface area contributed by atoms with E-state index in [9.17, 15) is 52.7 Å². The van der Waals surface area contributed by atoms with E-state index in [1.807, 2.05) is 249 Å². The molecular weight excluding hydrogens is 1730 g/mol. The minimum atomic E-state index is -4.70. The first-order valence-corrected chi connectivity index (χ1v) is 43.8. The molecule has 6 aromatic heterocycles. The normalized spacial score (nSPS) is 12.3. The van der Waals surface area contributed by atoms with Crippen LogP contribution in [0.25, 0.3) is 226 Å². The van der Waals surface area contributed by atoms with Gasteiger partial charge in [0.25, 0.3) is 0 Å². The molecular formula is C114H65F12N7S. The van der Waals surface area contributed by atoms with Crippen molar-refractivity contribution in [2.45, 2.75) is 24.7 Å². The van der Waals surface area contributed by atoms with Gasteiger partial charge in [0.2, 0.25) is 0 Å². The Morgan fingerprint density at radius 2 is 0.530 bits per heavy atom. The maximum Gasteiger partial charge on any atom is 0.416 e. The molecule has 0 aliphatic heterocycles. The van der Waals surface area contributed by atoms with Gasteiger partial charge < -0.3 is 13.7 Å². The largest absolute Gasteiger partial charge is 0.416 e. The first-order valence-electron chi connectivity index (χ1n) is 43.0. The van der Waals surface area contributed by atoms with Gasteiger partial charge in [-0.3, -0.25) is 0 Å². The van der Waals surface area contributed by atoms with Crippen LogP contribution in [0.15, 0.2) is 394 Å². The minimum Gasteiger partial charge on any atom is -0.309 e. The Kier molecular flexibility index (Phi) is 19.5. The third-order valence-corrected chi connectivity index (χ3v) is 26.4. The van der Waals surface area contributed by atoms with Gasteiger partial charge in [0.1, 0.15) is 0 Å². The molecule has 0 saturated heterocycles. The summed E-state index contributed by atoms with van der Waals surface area (Å²) >= 11 is 1.60. The molecule has 0 bridgehead atoms. The predicted octanol–water partition coefficient (Wildman–Crippen LogP) is 33.3. The van der Waals surface area contributed by atoms with Crippen LogP contribution >= 0.6 is 11.3 Å². The van der Waals surface area contributed by atoms with Crippen LogP contribution in [0.1, 0.15) is 22.3 Å². The summed E-state index contributed by atoms with van der Waals surface area (Å²) in [7, 11) is 0. The summed E-state index contributed by atoms with van der Waals surface area (Å²) in [5.74, 6) is 0.769. The Bertz CT molecular complexity index is 8330. The number of alkyl halides is 12. The lowest BCUT2D eigenvalue weighted by Gasteiger charge is -2.22. The van der Waals surface area contributed by atoms with Crippen LogP contribution in [0.4, 0.5) is 52.7 Å². The molecule has 0 spiro atoms. The van der Waals surface area contributed by atoms with Gasteiger partial charge in [0.15, 0.2) is 11.6 Å². The zero-order chi connectivity index (χ0) is 91.2. The highest BCUT2D eigenvalue weighted by molar-refractivity contribution is 7.26. The lowest BCUT2D eigenvalue weighted by molar-refractivity contribution is -0.138. The number of aromatic nitrogens is 7. The molecule has 23 rings (SSSR count). The highest BCUT2D eigenvalue weighted by atomic mass is 32.1. The van der Waals surface area contributed by atoms with Crippen molar-refractivity contribution in [3.8, 4) is 141 Å². The summed E-state index contributed by atoms with van der Waals surface area (Å²) in [5.41, 5.74) is 13.8. The van der Waals surface area contributed by atoms with Crippen molar-refractivity contribution in [1.82, 2.24) is 33.6 Å². The number of rotatable bonds is 14. The van der Waals surface area contributed by atoms with E-state index in [-0.39, 0.29) is 0 Å². The second-order valence-electron chi connectivity index (χ2n) is 33.1. The molecule has 0 N–H and O–H groups in total. The summed E-state index contributed by atoms with van der Waals surface area (Å²) in [5, 5.41) is 6.99. The van der Waals surface area contributed by atoms with E-state index in [0.717, 1.165) is 140 Å². The molecule has 17 aromatic carbocycles. The molecule has 0 radical (unpaired) electrons. The fraction of sp³-hybridized carbons (Fsp3) is 0.0351. The van der Waals surface area contributed by atoms with Crippen molar-refractivity contribution in [2.24, 2.45) is 0 Å². The van der Waals surface area contributed by atoms with Crippen LogP contribution in [0.2, 0.25) is 0 Å². The molecule has 0 aliphatic rings. The van der Waals surface area contributed by atoms with Gasteiger partial charge in [-0.1, -0.05) is 261 Å². The first kappa shape index (κ1) is 82.1. The Morgan fingerprint density at radius 1 is 0.209 bits per heavy atom. The van der Waals surface area contributed by atoms with Gasteiger partial charge in [-0.15, -0.1) is 11.3 Å². The molecule has 0 saturated carbocycles. The van der Waals surface area contributed by atoms with E-state index in [1.165, 1.54) is 48.5 Å². The van der Waals surface area contributed by atoms with Crippen LogP contribution in [0.5, 0.6) is 0 Å². The number of nitrogens with zero attached hydrogens (tertiary/aromatic N) is 7. The average Bonchev–Trinajstić information content (AvgIpc) is 1.54. The number of fused-ring (bicyclic) bond motifs is 14. The molecule has 23 aromatic rings. The van der Waals surface area contributed by atoms with Crippen LogP contribution in [-0.4, -0.2) is 33.6 Å². The smallest absolute Gasteiger partial charge is 0.309 e. The number of halogens is 12. The Labute approximate surface area is 760 Å². The predicted molar refractivity (Wildman–Crippen MR) is 513 cm³/mol. The SMILES string of the molecule is FC(F)(F)c1ccc(-c2cc(-c3cc(-c4ccccc4)nc(-c4ccccc4)n3)cc(-c3ccc(C(F)(F)F)cc3)c2-n2c3ccccc3c3c4sc5cc(-c6ccc7c8ccc9c(c%10ccccc%10n9-c9c(-c%10ccc(C(F)(F)F)cc%10)cc(-c%10cc(-c%11ccccc%11)nc(-c%11ccccc%11)n%10)cc9-c9ccc(C(F)(F)F)cc9)c8n(-c8ccccc8)c7c6)ccc5c4ccc32)cc1. The number of benzene rings is 17. The van der Waals surface area contributed by atoms with Crippen molar-refractivity contribution >= 4 is 96.9 Å². The minimum absolute atomic E-state index is 0.372. The molecule has 20 heteroatoms. The summed E-state index contributed by atoms with van der Waals surface area (Å²) < 4.78 is 186. The quantitative estimate of drug-likeness (QED) is 0.102. The van der Waals surface area contributed by atoms with Crippen molar-refractivity contribution in [2.75, 3.05) is 0 Å². The number of hydrogen-bond acceptors (Lipinski definition) is 5. The van der Waals surface area contributed by atoms with Crippen LogP contribution in [-0.2, 0) is 24.7 Å². The summed E-state index contributed by atoms with van der Waals surface area (Å²) in [6.45, 7) is 0. The van der Waals surface area contributed by atoms with Gasteiger partial charge in [-0.05, 0) is 167 Å². The third kappa shape index (κ3) is 14.3. The summed E-state index contributed by atoms with van der Waals surface area (Å²) in [4.78, 5) is 20.5. The van der Waals surface area contributed by atoms with E-state index in [2.05, 4.69) is 62.2 Å². The van der Waals surface area contributed by atoms with Gasteiger partial charge in [-0.25, -0.2) is 19.9 Å². The maximum atomic E-state index is 14.8. The molecule has 0 amide bonds. The topological polar surface area (TPSA) is 66.3 Å². The number of para-hydroxylation sites is 3. The van der Waals surface area contributed by atoms with Crippen LogP contribution in [0, 0.1) is 0 Å². The molecule has 0 fully saturated rings. The van der Waals surface area contributed by atoms with Crippen molar-refractivity contribution in [3.05, 3.63) is 417 Å². The standard InChI is InChI=1S/C114H65F12N7S/c115-111(116,117)78-44-34-66(35-45-78)89-58-76(95-64-93(70-20-6-1-7-21-70)127-109(129-95)72-24-10-3-11-25-72)59-90(67-36-46-79(47-37-67)112(118,119)120)105(89)132-97-32-18-16-30-87(97)103-99(132)56-54-85-83-52-42-74(62-101(83)131(107(85)103)82-28-14-5-15-29-82)75-43-53-84-86-55-57-100-104(108(86)134-102(84)63-75)88-31-17-19-33-98(88)133(100)106-91(68-38-48-80(49-39-68)113(121,122)123)60-77(61-92(106)69-40-50-81(51-41-69)114(124,125)126)96-65-94(71-22-8-2-9-23-71)128-110(130-96)73-26-12-4-13-27-73/h1-65H. The van der Waals surface area contributed by atoms with Crippen molar-refractivity contribution in [1.29, 1.82) is 0 Å². The van der Waals surface area contributed by atoms with Crippen LogP contribution < -0.4 is 0 Å². The zero-order valence-electron chi connectivity index (χ0n) is 70.1. The summed E-state index contributed by atoms with van der Waals surface area (Å²) in [6, 6.07) is 115. The second kappa shape index (κ2) is 31.8. The molecule has 0 unspecified atom stereocenters. The van der Waals surface area contributed by atoms with E-state index >= 15 is 0 Å². The van der Waals surface area contributed by atoms with E-state index < -0.39 is 47.0 Å². The van der Waals surface area contributed by atoms with E-state index in [1.54, 1.807) is 11.3 Å². The Morgan fingerprint density at radius 3 is 0.933 bits per heavy atom. The Balaban J connectivity index is 0.721. The van der Waals surface area contributed by atoms with E-state index in [0.29, 0.717) is 135 Å². The Hall–Kier alpha value is -16.3. The molecule has 0 atom stereocenters. The van der Waals surface area contributed by atoms with Crippen LogP contribution in [0.3, 0.4) is 0 Å². The van der Waals surface area contributed by atoms with Gasteiger partial charge in [0, 0.05) is 114 Å². The number of hydrogen-bond donors (Lipinski definition) is 0. The lowest BCUT2D eigenvalue weighted by Crippen LogP contribution is -2.06. The van der Waals surface area contributed by atoms with Crippen molar-refractivity contribution < 1.29 is 52.7 Å². The first-order chi connectivity index (χ1) is 64.9. The number of thiophene rings is 1. The zero-order valence-corrected chi connectivity index (χ0v) is 70.9. The highest BCUT2D eigenvalue weighted by Gasteiger charge is 2.36. The van der Waals surface area contributed by atoms with Gasteiger partial charge >= 0.3 is 24.7 Å². The highest BCUT2D eigenvalue weighted by Crippen LogP contribution is 2.53. The summed E-state index contributed by atoms with van der Waals surface area (Å²) in [6.07, 6.45) is -18.8. The van der Waals surface area contributed by atoms with E-state index in [4.69, 9.17) is 19.9 Å². The fourth-order valence-corrected chi connectivity index (χ4v) is 20.2. The monoisotopic (exact) mass is 1790 g/mol. The van der Waals surface area contributed by atoms with Gasteiger partial charge in [0.05, 0.1) is 89.5 Å². The second-order valence-corrected chi connectivity index (χ2v) is 34.2. The third-order valence-electron chi connectivity index (χ3n) is 25.2. The fourth-order valence-electron chi connectivity index (χ4n) is 18.9.